The highest BCUT2D eigenvalue weighted by molar-refractivity contribution is 5.35. The van der Waals surface area contributed by atoms with Crippen LogP contribution >= 0.6 is 0 Å². The van der Waals surface area contributed by atoms with Crippen molar-refractivity contribution in [1.82, 2.24) is 5.32 Å². The van der Waals surface area contributed by atoms with E-state index in [4.69, 9.17) is 4.74 Å². The van der Waals surface area contributed by atoms with Crippen molar-refractivity contribution in [3.8, 4) is 5.75 Å². The lowest BCUT2D eigenvalue weighted by Gasteiger charge is -2.33. The molecule has 0 aliphatic carbocycles. The van der Waals surface area contributed by atoms with Gasteiger partial charge in [-0.1, -0.05) is 44.9 Å². The van der Waals surface area contributed by atoms with E-state index in [-0.39, 0.29) is 0 Å². The van der Waals surface area contributed by atoms with Crippen molar-refractivity contribution in [2.24, 2.45) is 11.8 Å². The minimum Gasteiger partial charge on any atom is -0.493 e. The Morgan fingerprint density at radius 2 is 2.16 bits per heavy atom. The molecule has 1 aromatic carbocycles. The van der Waals surface area contributed by atoms with E-state index in [2.05, 4.69) is 50.5 Å². The van der Waals surface area contributed by atoms with Crippen LogP contribution in [-0.4, -0.2) is 19.7 Å². The number of fused-ring (bicyclic) bond motifs is 1. The van der Waals surface area contributed by atoms with Gasteiger partial charge < -0.3 is 10.1 Å². The van der Waals surface area contributed by atoms with Crippen LogP contribution in [0.2, 0.25) is 0 Å². The quantitative estimate of drug-likeness (QED) is 0.844. The van der Waals surface area contributed by atoms with E-state index >= 15 is 0 Å². The summed E-state index contributed by atoms with van der Waals surface area (Å²) < 4.78 is 5.92. The van der Waals surface area contributed by atoms with Crippen LogP contribution in [0.4, 0.5) is 0 Å². The molecular formula is C17H27NO. The van der Waals surface area contributed by atoms with E-state index in [0.29, 0.717) is 12.0 Å². The molecule has 3 atom stereocenters. The summed E-state index contributed by atoms with van der Waals surface area (Å²) in [7, 11) is 2.09. The molecule has 0 saturated heterocycles. The number of benzene rings is 1. The Labute approximate surface area is 117 Å². The average molecular weight is 261 g/mol. The first-order valence-corrected chi connectivity index (χ1v) is 7.62. The van der Waals surface area contributed by atoms with Crippen molar-refractivity contribution in [3.05, 3.63) is 29.8 Å². The fourth-order valence-corrected chi connectivity index (χ4v) is 3.20. The highest BCUT2D eigenvalue weighted by Gasteiger charge is 2.27. The lowest BCUT2D eigenvalue weighted by molar-refractivity contribution is 0.173. The molecule has 3 unspecified atom stereocenters. The Kier molecular flexibility index (Phi) is 5.26. The highest BCUT2D eigenvalue weighted by Crippen LogP contribution is 2.30. The van der Waals surface area contributed by atoms with Crippen molar-refractivity contribution < 1.29 is 4.74 Å². The van der Waals surface area contributed by atoms with Gasteiger partial charge in [0.15, 0.2) is 0 Å². The van der Waals surface area contributed by atoms with E-state index < -0.39 is 0 Å². The largest absolute Gasteiger partial charge is 0.493 e. The third-order valence-corrected chi connectivity index (χ3v) is 4.29. The summed E-state index contributed by atoms with van der Waals surface area (Å²) >= 11 is 0. The molecule has 106 valence electrons. The van der Waals surface area contributed by atoms with Gasteiger partial charge in [-0.2, -0.15) is 0 Å². The first kappa shape index (κ1) is 14.4. The second-order valence-electron chi connectivity index (χ2n) is 5.91. The number of hydrogen-bond donors (Lipinski definition) is 1. The monoisotopic (exact) mass is 261 g/mol. The Morgan fingerprint density at radius 3 is 2.89 bits per heavy atom. The zero-order valence-corrected chi connectivity index (χ0v) is 12.5. The number of ether oxygens (including phenoxy) is 1. The molecule has 0 amide bonds. The fraction of sp³-hybridized carbons (Fsp3) is 0.647. The van der Waals surface area contributed by atoms with E-state index in [9.17, 15) is 0 Å². The summed E-state index contributed by atoms with van der Waals surface area (Å²) in [6, 6.07) is 9.01. The van der Waals surface area contributed by atoms with Crippen LogP contribution in [0.5, 0.6) is 5.75 Å². The zero-order valence-electron chi connectivity index (χ0n) is 12.5. The van der Waals surface area contributed by atoms with Crippen LogP contribution in [0.15, 0.2) is 24.3 Å². The first-order chi connectivity index (χ1) is 9.24. The van der Waals surface area contributed by atoms with Gasteiger partial charge in [-0.05, 0) is 37.4 Å². The number of para-hydroxylation sites is 1. The third-order valence-electron chi connectivity index (χ3n) is 4.29. The molecule has 2 heteroatoms. The summed E-state index contributed by atoms with van der Waals surface area (Å²) in [5.41, 5.74) is 1.36. The molecular weight excluding hydrogens is 234 g/mol. The van der Waals surface area contributed by atoms with Crippen LogP contribution in [0, 0.1) is 11.8 Å². The molecule has 0 aromatic heterocycles. The van der Waals surface area contributed by atoms with Crippen molar-refractivity contribution in [2.75, 3.05) is 13.7 Å². The topological polar surface area (TPSA) is 21.3 Å². The fourth-order valence-electron chi connectivity index (χ4n) is 3.20. The molecule has 0 fully saturated rings. The Balaban J connectivity index is 1.97. The van der Waals surface area contributed by atoms with Crippen molar-refractivity contribution in [1.29, 1.82) is 0 Å². The lowest BCUT2D eigenvalue weighted by Crippen LogP contribution is -2.41. The molecule has 2 nitrogen and oxygen atoms in total. The normalized spacial score (nSPS) is 21.3. The van der Waals surface area contributed by atoms with E-state index in [1.807, 2.05) is 0 Å². The van der Waals surface area contributed by atoms with Crippen LogP contribution < -0.4 is 10.1 Å². The van der Waals surface area contributed by atoms with Gasteiger partial charge in [0.25, 0.3) is 0 Å². The second-order valence-corrected chi connectivity index (χ2v) is 5.91. The molecule has 0 saturated carbocycles. The van der Waals surface area contributed by atoms with Crippen molar-refractivity contribution >= 4 is 0 Å². The summed E-state index contributed by atoms with van der Waals surface area (Å²) in [5.74, 6) is 2.47. The average Bonchev–Trinajstić information content (AvgIpc) is 2.44. The molecule has 1 aromatic rings. The van der Waals surface area contributed by atoms with Gasteiger partial charge in [-0.25, -0.2) is 0 Å². The van der Waals surface area contributed by atoms with Crippen LogP contribution in [0.3, 0.4) is 0 Å². The number of nitrogens with one attached hydrogen (secondary N) is 1. The maximum atomic E-state index is 5.92. The number of rotatable bonds is 6. The molecule has 0 spiro atoms. The van der Waals surface area contributed by atoms with Gasteiger partial charge in [0.2, 0.25) is 0 Å². The third kappa shape index (κ3) is 3.73. The van der Waals surface area contributed by atoms with Gasteiger partial charge in [-0.15, -0.1) is 0 Å². The molecule has 1 heterocycles. The SMILES string of the molecule is CCCC(C)CC(NC)C1COc2ccccc2C1. The summed E-state index contributed by atoms with van der Waals surface area (Å²) in [4.78, 5) is 0. The minimum atomic E-state index is 0.565. The summed E-state index contributed by atoms with van der Waals surface area (Å²) in [6.07, 6.45) is 4.99. The van der Waals surface area contributed by atoms with Gasteiger partial charge in [0.05, 0.1) is 6.61 Å². The standard InChI is InChI=1S/C17H27NO/c1-4-7-13(2)10-16(18-3)15-11-14-8-5-6-9-17(14)19-12-15/h5-6,8-9,13,15-16,18H,4,7,10-12H2,1-3H3. The smallest absolute Gasteiger partial charge is 0.122 e. The summed E-state index contributed by atoms with van der Waals surface area (Å²) in [5, 5.41) is 3.51. The second kappa shape index (κ2) is 6.95. The molecule has 1 aliphatic heterocycles. The van der Waals surface area contributed by atoms with Gasteiger partial charge in [-0.3, -0.25) is 0 Å². The molecule has 1 aliphatic rings. The molecule has 2 rings (SSSR count). The van der Waals surface area contributed by atoms with Gasteiger partial charge >= 0.3 is 0 Å². The Hall–Kier alpha value is -1.02. The molecule has 1 N–H and O–H groups in total. The number of hydrogen-bond acceptors (Lipinski definition) is 2. The first-order valence-electron chi connectivity index (χ1n) is 7.62. The van der Waals surface area contributed by atoms with Crippen LogP contribution in [0.25, 0.3) is 0 Å². The van der Waals surface area contributed by atoms with E-state index in [1.165, 1.54) is 24.8 Å². The molecule has 0 bridgehead atoms. The minimum absolute atomic E-state index is 0.565. The Bertz CT molecular complexity index is 391. The maximum absolute atomic E-state index is 5.92. The van der Waals surface area contributed by atoms with E-state index in [1.54, 1.807) is 0 Å². The molecule has 0 radical (unpaired) electrons. The van der Waals surface area contributed by atoms with Crippen molar-refractivity contribution in [3.63, 3.8) is 0 Å². The van der Waals surface area contributed by atoms with Crippen molar-refractivity contribution in [2.45, 2.75) is 45.6 Å². The highest BCUT2D eigenvalue weighted by atomic mass is 16.5. The van der Waals surface area contributed by atoms with Crippen LogP contribution in [-0.2, 0) is 6.42 Å². The Morgan fingerprint density at radius 1 is 1.37 bits per heavy atom. The predicted molar refractivity (Wildman–Crippen MR) is 80.7 cm³/mol. The van der Waals surface area contributed by atoms with E-state index in [0.717, 1.165) is 24.7 Å². The zero-order chi connectivity index (χ0) is 13.7. The summed E-state index contributed by atoms with van der Waals surface area (Å²) in [6.45, 7) is 5.48. The van der Waals surface area contributed by atoms with Gasteiger partial charge in [0, 0.05) is 12.0 Å². The van der Waals surface area contributed by atoms with Crippen LogP contribution in [0.1, 0.15) is 38.7 Å². The molecule has 19 heavy (non-hydrogen) atoms. The predicted octanol–water partition coefficient (Wildman–Crippen LogP) is 3.65. The maximum Gasteiger partial charge on any atom is 0.122 e. The van der Waals surface area contributed by atoms with Gasteiger partial charge in [0.1, 0.15) is 5.75 Å². The lowest BCUT2D eigenvalue weighted by atomic mass is 9.85.